The first-order chi connectivity index (χ1) is 21.7. The molecule has 10 heteroatoms. The smallest absolute Gasteiger partial charge is 0.305 e. The molecule has 1 fully saturated rings. The van der Waals surface area contributed by atoms with E-state index in [1.807, 2.05) is 0 Å². The van der Waals surface area contributed by atoms with Crippen LogP contribution in [0.3, 0.4) is 0 Å². The molecule has 2 heterocycles. The second-order valence-corrected chi connectivity index (χ2v) is 11.9. The minimum absolute atomic E-state index is 0.0367. The standard InChI is InChI=1S/C35H46O10/c1-2-3-4-5-6-7-8-9-10-11-12-13-28(38)43-21-27-31(40)32(41)33(42)35(45-27)29-26(37)19-18-24-30(39)25(20-44-34(24)29)22-14-16-23(36)17-15-22/h14-20,27,31-33,35-37,40-42H,2-13,21H2,1H3/t27-,31-,32+,33-,35+/m1/s1. The lowest BCUT2D eigenvalue weighted by Gasteiger charge is -2.40. The second kappa shape index (κ2) is 16.7. The van der Waals surface area contributed by atoms with Crippen molar-refractivity contribution < 1.29 is 44.2 Å². The van der Waals surface area contributed by atoms with Crippen molar-refractivity contribution >= 4 is 16.9 Å². The Bertz CT molecular complexity index is 1430. The average Bonchev–Trinajstić information content (AvgIpc) is 3.03. The lowest BCUT2D eigenvalue weighted by Crippen LogP contribution is -2.55. The highest BCUT2D eigenvalue weighted by Crippen LogP contribution is 2.40. The van der Waals surface area contributed by atoms with Gasteiger partial charge < -0.3 is 39.4 Å². The fourth-order valence-electron chi connectivity index (χ4n) is 5.83. The van der Waals surface area contributed by atoms with Gasteiger partial charge in [-0.25, -0.2) is 0 Å². The number of phenolic OH excluding ortho intramolecular Hbond substituents is 2. The van der Waals surface area contributed by atoms with E-state index in [9.17, 15) is 35.1 Å². The first-order valence-corrected chi connectivity index (χ1v) is 16.1. The molecule has 0 amide bonds. The largest absolute Gasteiger partial charge is 0.508 e. The highest BCUT2D eigenvalue weighted by molar-refractivity contribution is 5.86. The number of ether oxygens (including phenoxy) is 2. The van der Waals surface area contributed by atoms with E-state index < -0.39 is 41.9 Å². The molecule has 2 aromatic carbocycles. The molecule has 0 saturated carbocycles. The summed E-state index contributed by atoms with van der Waals surface area (Å²) in [6, 6.07) is 8.62. The predicted molar refractivity (Wildman–Crippen MR) is 169 cm³/mol. The molecule has 0 unspecified atom stereocenters. The number of unbranched alkanes of at least 4 members (excludes halogenated alkanes) is 10. The average molecular weight is 627 g/mol. The summed E-state index contributed by atoms with van der Waals surface area (Å²) in [6.45, 7) is 1.84. The Hall–Kier alpha value is -3.44. The third-order valence-corrected chi connectivity index (χ3v) is 8.53. The molecule has 246 valence electrons. The van der Waals surface area contributed by atoms with E-state index in [-0.39, 0.29) is 46.6 Å². The third kappa shape index (κ3) is 8.85. The molecular formula is C35H46O10. The van der Waals surface area contributed by atoms with Crippen molar-refractivity contribution in [2.75, 3.05) is 6.61 Å². The Balaban J connectivity index is 1.35. The van der Waals surface area contributed by atoms with Gasteiger partial charge in [-0.3, -0.25) is 9.59 Å². The van der Waals surface area contributed by atoms with Crippen molar-refractivity contribution in [2.45, 2.75) is 114 Å². The number of carbonyl (C=O) groups excluding carboxylic acids is 1. The van der Waals surface area contributed by atoms with Crippen LogP contribution in [-0.2, 0) is 14.3 Å². The first kappa shape index (κ1) is 34.4. The molecule has 1 saturated heterocycles. The number of aliphatic hydroxyl groups excluding tert-OH is 3. The predicted octanol–water partition coefficient (Wildman–Crippen LogP) is 5.64. The van der Waals surface area contributed by atoms with E-state index in [1.54, 1.807) is 12.1 Å². The van der Waals surface area contributed by atoms with E-state index in [1.165, 1.54) is 75.5 Å². The van der Waals surface area contributed by atoms with Crippen LogP contribution in [0.5, 0.6) is 11.5 Å². The van der Waals surface area contributed by atoms with Gasteiger partial charge in [0.15, 0.2) is 0 Å². The van der Waals surface area contributed by atoms with Crippen molar-refractivity contribution in [1.29, 1.82) is 0 Å². The van der Waals surface area contributed by atoms with E-state index >= 15 is 0 Å². The molecule has 10 nitrogen and oxygen atoms in total. The summed E-state index contributed by atoms with van der Waals surface area (Å²) >= 11 is 0. The van der Waals surface area contributed by atoms with Gasteiger partial charge in [0.25, 0.3) is 0 Å². The van der Waals surface area contributed by atoms with Crippen molar-refractivity contribution in [3.8, 4) is 22.6 Å². The van der Waals surface area contributed by atoms with Gasteiger partial charge >= 0.3 is 5.97 Å². The lowest BCUT2D eigenvalue weighted by atomic mass is 9.89. The normalized spacial score (nSPS) is 21.6. The van der Waals surface area contributed by atoms with Gasteiger partial charge in [-0.15, -0.1) is 0 Å². The SMILES string of the molecule is CCCCCCCCCCCCCC(=O)OC[C@H]1O[C@@H](c2c(O)ccc3c(=O)c(-c4ccc(O)cc4)coc23)[C@H](O)[C@@H](O)[C@@H]1O. The van der Waals surface area contributed by atoms with Gasteiger partial charge in [0.05, 0.1) is 16.5 Å². The Kier molecular flexibility index (Phi) is 12.8. The molecule has 0 aliphatic carbocycles. The molecule has 1 aliphatic rings. The van der Waals surface area contributed by atoms with E-state index in [0.717, 1.165) is 19.3 Å². The van der Waals surface area contributed by atoms with E-state index in [2.05, 4.69) is 6.92 Å². The Morgan fingerprint density at radius 3 is 2.07 bits per heavy atom. The zero-order valence-electron chi connectivity index (χ0n) is 25.9. The van der Waals surface area contributed by atoms with Crippen molar-refractivity contribution in [3.05, 3.63) is 58.4 Å². The number of rotatable bonds is 16. The molecular weight excluding hydrogens is 580 g/mol. The summed E-state index contributed by atoms with van der Waals surface area (Å²) in [6.07, 6.45) is 6.55. The molecule has 4 rings (SSSR count). The minimum atomic E-state index is -1.70. The second-order valence-electron chi connectivity index (χ2n) is 11.9. The van der Waals surface area contributed by atoms with Gasteiger partial charge in [0, 0.05) is 6.42 Å². The van der Waals surface area contributed by atoms with Crippen molar-refractivity contribution in [1.82, 2.24) is 0 Å². The fraction of sp³-hybridized carbons (Fsp3) is 0.543. The minimum Gasteiger partial charge on any atom is -0.508 e. The Morgan fingerprint density at radius 2 is 1.42 bits per heavy atom. The van der Waals surface area contributed by atoms with E-state index in [4.69, 9.17) is 13.9 Å². The summed E-state index contributed by atoms with van der Waals surface area (Å²) in [5.41, 5.74) is 0.130. The molecule has 5 N–H and O–H groups in total. The maximum Gasteiger partial charge on any atom is 0.305 e. The molecule has 45 heavy (non-hydrogen) atoms. The molecule has 0 spiro atoms. The third-order valence-electron chi connectivity index (χ3n) is 8.53. The summed E-state index contributed by atoms with van der Waals surface area (Å²) in [7, 11) is 0. The van der Waals surface area contributed by atoms with Gasteiger partial charge in [-0.1, -0.05) is 83.3 Å². The number of aromatic hydroxyl groups is 2. The van der Waals surface area contributed by atoms with Crippen molar-refractivity contribution in [3.63, 3.8) is 0 Å². The van der Waals surface area contributed by atoms with Gasteiger partial charge in [-0.05, 0) is 36.2 Å². The molecule has 0 bridgehead atoms. The topological polar surface area (TPSA) is 167 Å². The highest BCUT2D eigenvalue weighted by Gasteiger charge is 2.46. The Morgan fingerprint density at radius 1 is 0.800 bits per heavy atom. The molecule has 0 radical (unpaired) electrons. The highest BCUT2D eigenvalue weighted by atomic mass is 16.6. The van der Waals surface area contributed by atoms with Crippen LogP contribution in [0.15, 0.2) is 51.9 Å². The number of benzene rings is 2. The summed E-state index contributed by atoms with van der Waals surface area (Å²) in [4.78, 5) is 25.8. The van der Waals surface area contributed by atoms with Crippen LogP contribution in [0.25, 0.3) is 22.1 Å². The van der Waals surface area contributed by atoms with E-state index in [0.29, 0.717) is 12.0 Å². The summed E-state index contributed by atoms with van der Waals surface area (Å²) in [5, 5.41) is 52.5. The van der Waals surface area contributed by atoms with Crippen LogP contribution in [0.2, 0.25) is 0 Å². The van der Waals surface area contributed by atoms with Crippen LogP contribution in [-0.4, -0.2) is 62.5 Å². The molecule has 1 aliphatic heterocycles. The molecule has 3 aromatic rings. The zero-order chi connectivity index (χ0) is 32.3. The number of carbonyl (C=O) groups is 1. The number of hydrogen-bond acceptors (Lipinski definition) is 10. The van der Waals surface area contributed by atoms with Gasteiger partial charge in [-0.2, -0.15) is 0 Å². The van der Waals surface area contributed by atoms with Crippen LogP contribution >= 0.6 is 0 Å². The molecule has 1 aromatic heterocycles. The quantitative estimate of drug-likeness (QED) is 0.0992. The Labute approximate surface area is 263 Å². The van der Waals surface area contributed by atoms with Gasteiger partial charge in [0.1, 0.15) is 60.5 Å². The maximum absolute atomic E-state index is 13.4. The first-order valence-electron chi connectivity index (χ1n) is 16.1. The number of fused-ring (bicyclic) bond motifs is 1. The van der Waals surface area contributed by atoms with Crippen LogP contribution < -0.4 is 5.43 Å². The van der Waals surface area contributed by atoms with Crippen LogP contribution in [0.4, 0.5) is 0 Å². The van der Waals surface area contributed by atoms with Crippen molar-refractivity contribution in [2.24, 2.45) is 0 Å². The number of hydrogen-bond donors (Lipinski definition) is 5. The number of phenols is 2. The number of esters is 1. The summed E-state index contributed by atoms with van der Waals surface area (Å²) in [5.74, 6) is -0.780. The summed E-state index contributed by atoms with van der Waals surface area (Å²) < 4.78 is 17.0. The maximum atomic E-state index is 13.4. The zero-order valence-corrected chi connectivity index (χ0v) is 25.9. The lowest BCUT2D eigenvalue weighted by molar-refractivity contribution is -0.234. The number of aliphatic hydroxyl groups is 3. The fourth-order valence-corrected chi connectivity index (χ4v) is 5.83. The van der Waals surface area contributed by atoms with Gasteiger partial charge in [0.2, 0.25) is 5.43 Å². The van der Waals surface area contributed by atoms with Crippen LogP contribution in [0, 0.1) is 0 Å². The molecule has 5 atom stereocenters. The van der Waals surface area contributed by atoms with Crippen LogP contribution in [0.1, 0.15) is 95.6 Å². The monoisotopic (exact) mass is 626 g/mol.